The Hall–Kier alpha value is -3.32. The molecule has 0 amide bonds. The minimum atomic E-state index is -0.819. The number of aromatic nitrogens is 2. The molecule has 188 valence electrons. The van der Waals surface area contributed by atoms with Crippen molar-refractivity contribution in [3.63, 3.8) is 0 Å². The molecule has 1 atom stereocenters. The van der Waals surface area contributed by atoms with E-state index >= 15 is 0 Å². The molecule has 36 heavy (non-hydrogen) atoms. The number of aryl methyl sites for hydroxylation is 2. The first-order valence-corrected chi connectivity index (χ1v) is 12.8. The van der Waals surface area contributed by atoms with Crippen LogP contribution in [0.15, 0.2) is 60.2 Å². The van der Waals surface area contributed by atoms with Gasteiger partial charge in [-0.25, -0.2) is 9.37 Å². The summed E-state index contributed by atoms with van der Waals surface area (Å²) in [7, 11) is 1.66. The van der Waals surface area contributed by atoms with Gasteiger partial charge in [0.05, 0.1) is 24.8 Å². The van der Waals surface area contributed by atoms with Crippen LogP contribution in [0.25, 0.3) is 11.8 Å². The van der Waals surface area contributed by atoms with Gasteiger partial charge in [0.1, 0.15) is 11.6 Å². The van der Waals surface area contributed by atoms with Crippen LogP contribution < -0.4 is 4.74 Å². The van der Waals surface area contributed by atoms with Crippen LogP contribution in [0.2, 0.25) is 0 Å². The standard InChI is InChI=1S/C28H30ClFN4O2/c1-20-18-33(19-31-20)25-11-7-21(16-26(25)35-2)8-12-27-32-36-28(34(27)15-5-14-29)13-4-3-6-22-9-10-23(30)17-24(22)28/h7-12,16-19H,3-6,13-15H2,1-2H3/b12-8+. The number of hydrogen-bond acceptors (Lipinski definition) is 5. The van der Waals surface area contributed by atoms with Crippen molar-refractivity contribution in [2.75, 3.05) is 19.5 Å². The summed E-state index contributed by atoms with van der Waals surface area (Å²) in [6, 6.07) is 11.0. The quantitative estimate of drug-likeness (QED) is 0.357. The van der Waals surface area contributed by atoms with E-state index in [-0.39, 0.29) is 5.82 Å². The molecule has 0 N–H and O–H groups in total. The number of nitrogens with zero attached hydrogens (tertiary/aromatic N) is 4. The Labute approximate surface area is 216 Å². The van der Waals surface area contributed by atoms with Gasteiger partial charge in [-0.15, -0.1) is 11.6 Å². The van der Waals surface area contributed by atoms with E-state index in [1.807, 2.05) is 54.1 Å². The minimum Gasteiger partial charge on any atom is -0.495 e. The average molecular weight is 509 g/mol. The van der Waals surface area contributed by atoms with Gasteiger partial charge in [0, 0.05) is 30.6 Å². The second-order valence-electron chi connectivity index (χ2n) is 9.21. The number of imidazole rings is 1. The molecule has 0 saturated carbocycles. The lowest BCUT2D eigenvalue weighted by molar-refractivity contribution is -0.112. The molecule has 8 heteroatoms. The zero-order valence-electron chi connectivity index (χ0n) is 20.6. The summed E-state index contributed by atoms with van der Waals surface area (Å²) in [5.74, 6) is 1.69. The number of alkyl halides is 1. The Kier molecular flexibility index (Phi) is 7.01. The molecule has 0 bridgehead atoms. The zero-order valence-corrected chi connectivity index (χ0v) is 21.3. The van der Waals surface area contributed by atoms with E-state index in [4.69, 9.17) is 21.2 Å². The van der Waals surface area contributed by atoms with E-state index in [9.17, 15) is 4.39 Å². The van der Waals surface area contributed by atoms with Crippen LogP contribution in [0, 0.1) is 12.7 Å². The Morgan fingerprint density at radius 3 is 2.86 bits per heavy atom. The predicted octanol–water partition coefficient (Wildman–Crippen LogP) is 6.20. The maximum atomic E-state index is 14.4. The molecule has 1 aromatic heterocycles. The molecular formula is C28H30ClFN4O2. The molecule has 1 aliphatic heterocycles. The van der Waals surface area contributed by atoms with Gasteiger partial charge in [-0.1, -0.05) is 23.4 Å². The first-order valence-electron chi connectivity index (χ1n) is 12.3. The molecule has 1 aliphatic carbocycles. The van der Waals surface area contributed by atoms with Crippen molar-refractivity contribution in [1.29, 1.82) is 0 Å². The fraction of sp³-hybridized carbons (Fsp3) is 0.357. The Bertz CT molecular complexity index is 1300. The summed E-state index contributed by atoms with van der Waals surface area (Å²) < 4.78 is 22.0. The van der Waals surface area contributed by atoms with Crippen molar-refractivity contribution < 1.29 is 14.0 Å². The van der Waals surface area contributed by atoms with Crippen molar-refractivity contribution in [2.45, 2.75) is 44.8 Å². The second kappa shape index (κ2) is 10.3. The van der Waals surface area contributed by atoms with Crippen molar-refractivity contribution in [3.05, 3.63) is 83.2 Å². The number of ether oxygens (including phenoxy) is 1. The number of hydrogen-bond donors (Lipinski definition) is 0. The molecular weight excluding hydrogens is 479 g/mol. The highest BCUT2D eigenvalue weighted by Gasteiger charge is 2.48. The molecule has 2 aliphatic rings. The zero-order chi connectivity index (χ0) is 25.1. The van der Waals surface area contributed by atoms with Crippen LogP contribution in [0.5, 0.6) is 5.75 Å². The number of halogens is 2. The predicted molar refractivity (Wildman–Crippen MR) is 140 cm³/mol. The van der Waals surface area contributed by atoms with E-state index in [1.54, 1.807) is 19.5 Å². The van der Waals surface area contributed by atoms with E-state index in [0.717, 1.165) is 65.9 Å². The molecule has 6 nitrogen and oxygen atoms in total. The van der Waals surface area contributed by atoms with Gasteiger partial charge in [0.15, 0.2) is 5.84 Å². The van der Waals surface area contributed by atoms with Crippen LogP contribution in [-0.4, -0.2) is 39.8 Å². The fourth-order valence-corrected chi connectivity index (χ4v) is 5.21. The highest BCUT2D eigenvalue weighted by Crippen LogP contribution is 2.44. The van der Waals surface area contributed by atoms with Crippen LogP contribution in [-0.2, 0) is 17.0 Å². The Balaban J connectivity index is 1.46. The molecule has 1 spiro atoms. The first-order chi connectivity index (χ1) is 17.5. The van der Waals surface area contributed by atoms with E-state index in [0.29, 0.717) is 18.3 Å². The van der Waals surface area contributed by atoms with Crippen LogP contribution in [0.1, 0.15) is 48.1 Å². The molecule has 0 fully saturated rings. The summed E-state index contributed by atoms with van der Waals surface area (Å²) >= 11 is 6.08. The monoisotopic (exact) mass is 508 g/mol. The number of amidine groups is 1. The number of fused-ring (bicyclic) bond motifs is 2. The lowest BCUT2D eigenvalue weighted by Gasteiger charge is -2.37. The normalized spacial score (nSPS) is 19.3. The first kappa shape index (κ1) is 24.4. The Morgan fingerprint density at radius 1 is 1.19 bits per heavy atom. The molecule has 5 rings (SSSR count). The van der Waals surface area contributed by atoms with Crippen molar-refractivity contribution in [2.24, 2.45) is 5.16 Å². The van der Waals surface area contributed by atoms with Gasteiger partial charge in [-0.2, -0.15) is 0 Å². The smallest absolute Gasteiger partial charge is 0.237 e. The van der Waals surface area contributed by atoms with Crippen molar-refractivity contribution in [1.82, 2.24) is 14.5 Å². The van der Waals surface area contributed by atoms with Gasteiger partial charge in [-0.05, 0) is 74.1 Å². The molecule has 2 heterocycles. The lowest BCUT2D eigenvalue weighted by Crippen LogP contribution is -2.46. The third-order valence-corrected chi connectivity index (χ3v) is 7.11. The van der Waals surface area contributed by atoms with Gasteiger partial charge >= 0.3 is 0 Å². The summed E-state index contributed by atoms with van der Waals surface area (Å²) in [4.78, 5) is 12.7. The summed E-state index contributed by atoms with van der Waals surface area (Å²) in [6.07, 6.45) is 12.1. The van der Waals surface area contributed by atoms with E-state index in [2.05, 4.69) is 15.0 Å². The van der Waals surface area contributed by atoms with Gasteiger partial charge in [0.25, 0.3) is 0 Å². The minimum absolute atomic E-state index is 0.264. The maximum Gasteiger partial charge on any atom is 0.237 e. The molecule has 2 aromatic carbocycles. The summed E-state index contributed by atoms with van der Waals surface area (Å²) in [5.41, 5.74) is 3.97. The maximum absolute atomic E-state index is 14.4. The lowest BCUT2D eigenvalue weighted by atomic mass is 9.93. The third-order valence-electron chi connectivity index (χ3n) is 6.84. The van der Waals surface area contributed by atoms with Crippen LogP contribution in [0.3, 0.4) is 0 Å². The topological polar surface area (TPSA) is 51.9 Å². The second-order valence-corrected chi connectivity index (χ2v) is 9.59. The van der Waals surface area contributed by atoms with Crippen LogP contribution in [0.4, 0.5) is 4.39 Å². The van der Waals surface area contributed by atoms with Gasteiger partial charge in [-0.3, -0.25) is 0 Å². The molecule has 3 aromatic rings. The van der Waals surface area contributed by atoms with Gasteiger partial charge < -0.3 is 19.0 Å². The molecule has 0 saturated heterocycles. The molecule has 1 unspecified atom stereocenters. The Morgan fingerprint density at radius 2 is 2.08 bits per heavy atom. The third kappa shape index (κ3) is 4.60. The largest absolute Gasteiger partial charge is 0.495 e. The fourth-order valence-electron chi connectivity index (χ4n) is 5.09. The number of methoxy groups -OCH3 is 1. The number of rotatable bonds is 7. The number of benzene rings is 2. The summed E-state index contributed by atoms with van der Waals surface area (Å²) in [6.45, 7) is 2.61. The highest BCUT2D eigenvalue weighted by atomic mass is 35.5. The van der Waals surface area contributed by atoms with Crippen molar-refractivity contribution >= 4 is 23.5 Å². The highest BCUT2D eigenvalue weighted by molar-refractivity contribution is 6.17. The van der Waals surface area contributed by atoms with Crippen molar-refractivity contribution in [3.8, 4) is 11.4 Å². The number of oxime groups is 1. The molecule has 0 radical (unpaired) electrons. The van der Waals surface area contributed by atoms with E-state index in [1.165, 1.54) is 6.07 Å². The summed E-state index contributed by atoms with van der Waals surface area (Å²) in [5, 5.41) is 4.49. The van der Waals surface area contributed by atoms with Gasteiger partial charge in [0.2, 0.25) is 5.72 Å². The van der Waals surface area contributed by atoms with E-state index < -0.39 is 5.72 Å². The SMILES string of the molecule is COc1cc(/C=C/C2=NOC3(CCCCc4ccc(F)cc43)N2CCCCl)ccc1-n1cnc(C)c1. The van der Waals surface area contributed by atoms with Crippen LogP contribution >= 0.6 is 11.6 Å². The average Bonchev–Trinajstić information content (AvgIpc) is 3.42.